The van der Waals surface area contributed by atoms with Gasteiger partial charge >= 0.3 is 0 Å². The number of aryl methyl sites for hydroxylation is 1. The highest BCUT2D eigenvalue weighted by Gasteiger charge is 2.35. The maximum absolute atomic E-state index is 12.8. The van der Waals surface area contributed by atoms with Crippen molar-refractivity contribution in [1.29, 1.82) is 0 Å². The number of halogens is 2. The summed E-state index contributed by atoms with van der Waals surface area (Å²) < 4.78 is 0. The summed E-state index contributed by atoms with van der Waals surface area (Å²) in [5.41, 5.74) is 0.380. The molecule has 27 heavy (non-hydrogen) atoms. The van der Waals surface area contributed by atoms with Gasteiger partial charge in [-0.05, 0) is 37.5 Å². The fourth-order valence-electron chi connectivity index (χ4n) is 3.05. The first-order valence-electron chi connectivity index (χ1n) is 8.88. The van der Waals surface area contributed by atoms with Crippen LogP contribution in [0.15, 0.2) is 18.2 Å². The Hall–Kier alpha value is -1.70. The molecule has 1 aliphatic heterocycles. The second kappa shape index (κ2) is 8.99. The van der Waals surface area contributed by atoms with Crippen molar-refractivity contribution >= 4 is 51.5 Å². The van der Waals surface area contributed by atoms with Gasteiger partial charge in [-0.15, -0.1) is 10.2 Å². The van der Waals surface area contributed by atoms with Crippen LogP contribution in [0.1, 0.15) is 48.0 Å². The summed E-state index contributed by atoms with van der Waals surface area (Å²) >= 11 is 13.4. The van der Waals surface area contributed by atoms with Crippen LogP contribution in [-0.4, -0.2) is 39.5 Å². The van der Waals surface area contributed by atoms with Gasteiger partial charge in [0.05, 0.1) is 0 Å². The third-order valence-corrected chi connectivity index (χ3v) is 5.70. The molecular formula is C18H20Cl2N4O2S. The van der Waals surface area contributed by atoms with Gasteiger partial charge in [-0.3, -0.25) is 14.9 Å². The van der Waals surface area contributed by atoms with Crippen molar-refractivity contribution in [3.63, 3.8) is 0 Å². The predicted molar refractivity (Wildman–Crippen MR) is 108 cm³/mol. The summed E-state index contributed by atoms with van der Waals surface area (Å²) in [5, 5.41) is 13.1. The van der Waals surface area contributed by atoms with Crippen molar-refractivity contribution in [3.8, 4) is 0 Å². The molecule has 3 rings (SSSR count). The van der Waals surface area contributed by atoms with Crippen LogP contribution in [0.2, 0.25) is 10.0 Å². The van der Waals surface area contributed by atoms with E-state index in [4.69, 9.17) is 23.2 Å². The van der Waals surface area contributed by atoms with E-state index in [2.05, 4.69) is 22.4 Å². The molecule has 2 amide bonds. The van der Waals surface area contributed by atoms with Gasteiger partial charge in [-0.25, -0.2) is 0 Å². The Labute approximate surface area is 171 Å². The van der Waals surface area contributed by atoms with Crippen LogP contribution in [0.25, 0.3) is 0 Å². The number of anilines is 1. The molecule has 1 aromatic carbocycles. The molecule has 1 atom stereocenters. The van der Waals surface area contributed by atoms with E-state index in [9.17, 15) is 9.59 Å². The standard InChI is InChI=1S/C18H20Cl2N4O2S/c1-2-3-6-15-22-23-18(27-15)21-16(25)14-5-4-7-24(14)17(26)11-8-12(19)10-13(20)9-11/h8-10,14H,2-7H2,1H3,(H,21,23,25). The minimum absolute atomic E-state index is 0.243. The lowest BCUT2D eigenvalue weighted by Gasteiger charge is -2.23. The zero-order valence-electron chi connectivity index (χ0n) is 14.9. The molecule has 144 valence electrons. The first-order valence-corrected chi connectivity index (χ1v) is 10.5. The van der Waals surface area contributed by atoms with Crippen LogP contribution >= 0.6 is 34.5 Å². The number of nitrogens with one attached hydrogen (secondary N) is 1. The SMILES string of the molecule is CCCCc1nnc(NC(=O)C2CCCN2C(=O)c2cc(Cl)cc(Cl)c2)s1. The average molecular weight is 427 g/mol. The summed E-state index contributed by atoms with van der Waals surface area (Å²) in [4.78, 5) is 27.1. The van der Waals surface area contributed by atoms with E-state index >= 15 is 0 Å². The van der Waals surface area contributed by atoms with E-state index in [0.717, 1.165) is 30.7 Å². The van der Waals surface area contributed by atoms with Gasteiger partial charge in [-0.1, -0.05) is 47.9 Å². The van der Waals surface area contributed by atoms with Crippen molar-refractivity contribution < 1.29 is 9.59 Å². The molecule has 1 fully saturated rings. The van der Waals surface area contributed by atoms with Crippen LogP contribution in [0, 0.1) is 0 Å². The second-order valence-corrected chi connectivity index (χ2v) is 8.34. The fraction of sp³-hybridized carbons (Fsp3) is 0.444. The number of benzene rings is 1. The third-order valence-electron chi connectivity index (χ3n) is 4.37. The Morgan fingerprint density at radius 2 is 2.00 bits per heavy atom. The number of nitrogens with zero attached hydrogens (tertiary/aromatic N) is 3. The Bertz CT molecular complexity index is 822. The molecule has 0 saturated carbocycles. The number of carbonyl (C=O) groups is 2. The van der Waals surface area contributed by atoms with Crippen molar-refractivity contribution in [1.82, 2.24) is 15.1 Å². The van der Waals surface area contributed by atoms with E-state index in [-0.39, 0.29) is 11.8 Å². The summed E-state index contributed by atoms with van der Waals surface area (Å²) in [6.45, 7) is 2.63. The summed E-state index contributed by atoms with van der Waals surface area (Å²) in [5.74, 6) is -0.495. The average Bonchev–Trinajstić information content (AvgIpc) is 3.27. The normalized spacial score (nSPS) is 16.6. The van der Waals surface area contributed by atoms with Crippen LogP contribution < -0.4 is 5.32 Å². The zero-order valence-corrected chi connectivity index (χ0v) is 17.2. The highest BCUT2D eigenvalue weighted by atomic mass is 35.5. The van der Waals surface area contributed by atoms with E-state index in [1.54, 1.807) is 23.1 Å². The molecule has 1 aromatic heterocycles. The first-order chi connectivity index (χ1) is 13.0. The number of unbranched alkanes of at least 4 members (excludes halogenated alkanes) is 1. The van der Waals surface area contributed by atoms with Gasteiger partial charge < -0.3 is 4.90 Å². The molecule has 0 radical (unpaired) electrons. The summed E-state index contributed by atoms with van der Waals surface area (Å²) in [6, 6.07) is 4.15. The second-order valence-electron chi connectivity index (χ2n) is 6.41. The van der Waals surface area contributed by atoms with Crippen LogP contribution in [-0.2, 0) is 11.2 Å². The Morgan fingerprint density at radius 1 is 1.26 bits per heavy atom. The number of hydrogen-bond donors (Lipinski definition) is 1. The summed E-state index contributed by atoms with van der Waals surface area (Å²) in [6.07, 6.45) is 4.33. The number of aromatic nitrogens is 2. The maximum atomic E-state index is 12.8. The van der Waals surface area contributed by atoms with Crippen molar-refractivity contribution in [3.05, 3.63) is 38.8 Å². The number of carbonyl (C=O) groups excluding carboxylic acids is 2. The van der Waals surface area contributed by atoms with Crippen LogP contribution in [0.3, 0.4) is 0 Å². The molecule has 6 nitrogen and oxygen atoms in total. The Balaban J connectivity index is 1.68. The number of rotatable bonds is 6. The van der Waals surface area contributed by atoms with Crippen molar-refractivity contribution in [2.45, 2.75) is 45.1 Å². The quantitative estimate of drug-likeness (QED) is 0.740. The van der Waals surface area contributed by atoms with Gasteiger partial charge in [0.2, 0.25) is 11.0 Å². The van der Waals surface area contributed by atoms with Crippen molar-refractivity contribution in [2.24, 2.45) is 0 Å². The topological polar surface area (TPSA) is 75.2 Å². The van der Waals surface area contributed by atoms with Crippen LogP contribution in [0.5, 0.6) is 0 Å². The highest BCUT2D eigenvalue weighted by Crippen LogP contribution is 2.26. The number of amides is 2. The molecule has 9 heteroatoms. The van der Waals surface area contributed by atoms with Gasteiger partial charge in [0.1, 0.15) is 11.0 Å². The molecule has 0 aliphatic carbocycles. The van der Waals surface area contributed by atoms with Crippen LogP contribution in [0.4, 0.5) is 5.13 Å². The molecule has 1 saturated heterocycles. The molecule has 0 spiro atoms. The maximum Gasteiger partial charge on any atom is 0.254 e. The zero-order chi connectivity index (χ0) is 19.4. The Morgan fingerprint density at radius 3 is 2.70 bits per heavy atom. The molecule has 1 aliphatic rings. The lowest BCUT2D eigenvalue weighted by atomic mass is 10.1. The van der Waals surface area contributed by atoms with E-state index in [1.807, 2.05) is 0 Å². The van der Waals surface area contributed by atoms with Gasteiger partial charge in [0.15, 0.2) is 0 Å². The highest BCUT2D eigenvalue weighted by molar-refractivity contribution is 7.15. The van der Waals surface area contributed by atoms with Gasteiger partial charge in [-0.2, -0.15) is 0 Å². The summed E-state index contributed by atoms with van der Waals surface area (Å²) in [7, 11) is 0. The van der Waals surface area contributed by atoms with Crippen molar-refractivity contribution in [2.75, 3.05) is 11.9 Å². The molecule has 1 N–H and O–H groups in total. The minimum atomic E-state index is -0.543. The lowest BCUT2D eigenvalue weighted by Crippen LogP contribution is -2.43. The largest absolute Gasteiger partial charge is 0.327 e. The number of likely N-dealkylation sites (tertiary alicyclic amines) is 1. The number of hydrogen-bond acceptors (Lipinski definition) is 5. The van der Waals surface area contributed by atoms with Gasteiger partial charge in [0, 0.05) is 28.6 Å². The smallest absolute Gasteiger partial charge is 0.254 e. The molecular weight excluding hydrogens is 407 g/mol. The first kappa shape index (κ1) is 20.0. The third kappa shape index (κ3) is 4.97. The minimum Gasteiger partial charge on any atom is -0.327 e. The monoisotopic (exact) mass is 426 g/mol. The molecule has 1 unspecified atom stereocenters. The van der Waals surface area contributed by atoms with E-state index < -0.39 is 6.04 Å². The van der Waals surface area contributed by atoms with Gasteiger partial charge in [0.25, 0.3) is 5.91 Å². The van der Waals surface area contributed by atoms with E-state index in [1.165, 1.54) is 11.3 Å². The lowest BCUT2D eigenvalue weighted by molar-refractivity contribution is -0.119. The molecule has 2 aromatic rings. The molecule has 2 heterocycles. The fourth-order valence-corrected chi connectivity index (χ4v) is 4.36. The Kier molecular flexibility index (Phi) is 6.68. The molecule has 0 bridgehead atoms. The van der Waals surface area contributed by atoms with E-state index in [0.29, 0.717) is 33.7 Å². The predicted octanol–water partition coefficient (Wildman–Crippen LogP) is 4.43.